The van der Waals surface area contributed by atoms with Gasteiger partial charge in [0.25, 0.3) is 0 Å². The van der Waals surface area contributed by atoms with Crippen LogP contribution in [0.25, 0.3) is 0 Å². The number of sulfonamides is 1. The van der Waals surface area contributed by atoms with E-state index in [1.54, 1.807) is 24.5 Å². The van der Waals surface area contributed by atoms with E-state index < -0.39 is 10.0 Å². The predicted molar refractivity (Wildman–Crippen MR) is 65.3 cm³/mol. The van der Waals surface area contributed by atoms with Crippen molar-refractivity contribution in [2.24, 2.45) is 0 Å². The summed E-state index contributed by atoms with van der Waals surface area (Å²) in [6.07, 6.45) is 3.17. The van der Waals surface area contributed by atoms with E-state index in [4.69, 9.17) is 0 Å². The van der Waals surface area contributed by atoms with E-state index in [1.807, 2.05) is 0 Å². The van der Waals surface area contributed by atoms with Gasteiger partial charge in [-0.05, 0) is 12.1 Å². The summed E-state index contributed by atoms with van der Waals surface area (Å²) in [4.78, 5) is 6.68. The van der Waals surface area contributed by atoms with Crippen LogP contribution in [0.5, 0.6) is 5.75 Å². The fourth-order valence-electron chi connectivity index (χ4n) is 1.52. The van der Waals surface area contributed by atoms with E-state index in [-0.39, 0.29) is 17.2 Å². The van der Waals surface area contributed by atoms with Gasteiger partial charge in [0.2, 0.25) is 10.0 Å². The number of aromatic amines is 1. The third-order valence-electron chi connectivity index (χ3n) is 2.48. The van der Waals surface area contributed by atoms with Gasteiger partial charge in [0.1, 0.15) is 16.5 Å². The van der Waals surface area contributed by atoms with Gasteiger partial charge in [-0.2, -0.15) is 4.31 Å². The maximum atomic E-state index is 12.2. The number of phenolic OH excluding ortho intramolecular Hbond substituents is 1. The number of hydrogen-bond acceptors (Lipinski definition) is 4. The number of para-hydroxylation sites is 1. The number of rotatable bonds is 4. The van der Waals surface area contributed by atoms with Crippen LogP contribution in [0.4, 0.5) is 0 Å². The number of benzene rings is 1. The van der Waals surface area contributed by atoms with E-state index in [0.717, 1.165) is 4.31 Å². The Hall–Kier alpha value is -1.86. The molecule has 0 saturated carbocycles. The molecule has 0 aliphatic rings. The fourth-order valence-corrected chi connectivity index (χ4v) is 2.73. The van der Waals surface area contributed by atoms with Gasteiger partial charge in [0.15, 0.2) is 0 Å². The summed E-state index contributed by atoms with van der Waals surface area (Å²) >= 11 is 0. The Bertz CT molecular complexity index is 623. The van der Waals surface area contributed by atoms with E-state index in [2.05, 4.69) is 9.97 Å². The highest BCUT2D eigenvalue weighted by atomic mass is 32.2. The molecule has 0 radical (unpaired) electrons. The van der Waals surface area contributed by atoms with Crippen LogP contribution in [0.2, 0.25) is 0 Å². The van der Waals surface area contributed by atoms with Crippen LogP contribution in [-0.2, 0) is 16.6 Å². The van der Waals surface area contributed by atoms with Crippen molar-refractivity contribution in [1.82, 2.24) is 14.3 Å². The lowest BCUT2D eigenvalue weighted by atomic mass is 10.3. The number of aromatic hydroxyl groups is 1. The molecule has 0 aliphatic carbocycles. The maximum absolute atomic E-state index is 12.2. The Morgan fingerprint density at radius 2 is 2.11 bits per heavy atom. The van der Waals surface area contributed by atoms with Gasteiger partial charge < -0.3 is 10.1 Å². The third-order valence-corrected chi connectivity index (χ3v) is 4.33. The van der Waals surface area contributed by atoms with E-state index in [0.29, 0.717) is 5.82 Å². The van der Waals surface area contributed by atoms with Crippen molar-refractivity contribution in [3.63, 3.8) is 0 Å². The molecule has 1 aromatic carbocycles. The third kappa shape index (κ3) is 2.36. The minimum Gasteiger partial charge on any atom is -0.507 e. The molecule has 7 heteroatoms. The number of nitrogens with zero attached hydrogens (tertiary/aromatic N) is 2. The van der Waals surface area contributed by atoms with Crippen LogP contribution in [0.15, 0.2) is 41.6 Å². The molecule has 0 bridgehead atoms. The largest absolute Gasteiger partial charge is 0.507 e. The summed E-state index contributed by atoms with van der Waals surface area (Å²) in [5.41, 5.74) is 0. The van der Waals surface area contributed by atoms with Crippen LogP contribution in [0.1, 0.15) is 5.82 Å². The van der Waals surface area contributed by atoms with Crippen molar-refractivity contribution in [1.29, 1.82) is 0 Å². The second-order valence-electron chi connectivity index (χ2n) is 3.76. The molecule has 0 unspecified atom stereocenters. The molecule has 2 aromatic rings. The first-order valence-electron chi connectivity index (χ1n) is 5.24. The maximum Gasteiger partial charge on any atom is 0.246 e. The quantitative estimate of drug-likeness (QED) is 0.863. The Balaban J connectivity index is 2.29. The minimum atomic E-state index is -3.72. The molecule has 18 heavy (non-hydrogen) atoms. The number of imidazole rings is 1. The van der Waals surface area contributed by atoms with Gasteiger partial charge in [-0.3, -0.25) is 0 Å². The van der Waals surface area contributed by atoms with Gasteiger partial charge in [-0.25, -0.2) is 13.4 Å². The predicted octanol–water partition coefficient (Wildman–Crippen LogP) is 0.936. The molecular weight excluding hydrogens is 254 g/mol. The van der Waals surface area contributed by atoms with Crippen LogP contribution >= 0.6 is 0 Å². The second-order valence-corrected chi connectivity index (χ2v) is 5.78. The number of hydrogen-bond donors (Lipinski definition) is 2. The number of aromatic nitrogens is 2. The Morgan fingerprint density at radius 1 is 1.39 bits per heavy atom. The molecular formula is C11H13N3O3S. The zero-order valence-corrected chi connectivity index (χ0v) is 10.6. The van der Waals surface area contributed by atoms with Crippen LogP contribution < -0.4 is 0 Å². The van der Waals surface area contributed by atoms with Crippen LogP contribution in [0, 0.1) is 0 Å². The molecule has 0 fully saturated rings. The molecule has 0 atom stereocenters. The van der Waals surface area contributed by atoms with Crippen molar-refractivity contribution in [2.45, 2.75) is 11.4 Å². The summed E-state index contributed by atoms with van der Waals surface area (Å²) < 4.78 is 25.5. The van der Waals surface area contributed by atoms with Crippen molar-refractivity contribution in [3.05, 3.63) is 42.5 Å². The van der Waals surface area contributed by atoms with Crippen LogP contribution in [-0.4, -0.2) is 34.8 Å². The molecule has 2 rings (SSSR count). The molecule has 6 nitrogen and oxygen atoms in total. The zero-order chi connectivity index (χ0) is 13.2. The van der Waals surface area contributed by atoms with E-state index >= 15 is 0 Å². The molecule has 1 aromatic heterocycles. The zero-order valence-electron chi connectivity index (χ0n) is 9.74. The topological polar surface area (TPSA) is 86.3 Å². The van der Waals surface area contributed by atoms with Gasteiger partial charge in [-0.15, -0.1) is 0 Å². The summed E-state index contributed by atoms with van der Waals surface area (Å²) in [7, 11) is -2.29. The van der Waals surface area contributed by atoms with Crippen molar-refractivity contribution < 1.29 is 13.5 Å². The average molecular weight is 267 g/mol. The molecule has 0 saturated heterocycles. The van der Waals surface area contributed by atoms with Crippen LogP contribution in [0.3, 0.4) is 0 Å². The highest BCUT2D eigenvalue weighted by molar-refractivity contribution is 7.89. The highest BCUT2D eigenvalue weighted by Crippen LogP contribution is 2.24. The van der Waals surface area contributed by atoms with Gasteiger partial charge in [0, 0.05) is 19.4 Å². The summed E-state index contributed by atoms with van der Waals surface area (Å²) in [5, 5.41) is 9.59. The fraction of sp³-hybridized carbons (Fsp3) is 0.182. The Kier molecular flexibility index (Phi) is 3.35. The van der Waals surface area contributed by atoms with Crippen molar-refractivity contribution in [3.8, 4) is 5.75 Å². The first-order valence-corrected chi connectivity index (χ1v) is 6.68. The SMILES string of the molecule is CN(Cc1ncc[nH]1)S(=O)(=O)c1ccccc1O. The molecule has 1 heterocycles. The second kappa shape index (κ2) is 4.79. The summed E-state index contributed by atoms with van der Waals surface area (Å²) in [6.45, 7) is 0.115. The monoisotopic (exact) mass is 267 g/mol. The van der Waals surface area contributed by atoms with E-state index in [1.165, 1.54) is 19.2 Å². The summed E-state index contributed by atoms with van der Waals surface area (Å²) in [6, 6.07) is 5.84. The van der Waals surface area contributed by atoms with Gasteiger partial charge in [0.05, 0.1) is 6.54 Å². The van der Waals surface area contributed by atoms with Crippen molar-refractivity contribution in [2.75, 3.05) is 7.05 Å². The lowest BCUT2D eigenvalue weighted by molar-refractivity contribution is 0.436. The number of nitrogens with one attached hydrogen (secondary N) is 1. The molecule has 96 valence electrons. The lowest BCUT2D eigenvalue weighted by Crippen LogP contribution is -2.27. The molecule has 0 aliphatic heterocycles. The highest BCUT2D eigenvalue weighted by Gasteiger charge is 2.24. The molecule has 0 amide bonds. The van der Waals surface area contributed by atoms with Gasteiger partial charge in [-0.1, -0.05) is 12.1 Å². The molecule has 2 N–H and O–H groups in total. The van der Waals surface area contributed by atoms with E-state index in [9.17, 15) is 13.5 Å². The minimum absolute atomic E-state index is 0.112. The number of phenols is 1. The Labute approximate surface area is 105 Å². The van der Waals surface area contributed by atoms with Gasteiger partial charge >= 0.3 is 0 Å². The lowest BCUT2D eigenvalue weighted by Gasteiger charge is -2.16. The first-order chi connectivity index (χ1) is 8.51. The Morgan fingerprint density at radius 3 is 2.72 bits per heavy atom. The first kappa shape index (κ1) is 12.6. The normalized spacial score (nSPS) is 11.9. The standard InChI is InChI=1S/C11H13N3O3S/c1-14(8-11-12-6-7-13-11)18(16,17)10-5-3-2-4-9(10)15/h2-7,15H,8H2,1H3,(H,12,13). The smallest absolute Gasteiger partial charge is 0.246 e. The average Bonchev–Trinajstić information content (AvgIpc) is 2.82. The summed E-state index contributed by atoms with van der Waals surface area (Å²) in [5.74, 6) is 0.278. The number of H-pyrrole nitrogens is 1. The molecule has 0 spiro atoms. The van der Waals surface area contributed by atoms with Crippen molar-refractivity contribution >= 4 is 10.0 Å².